The Morgan fingerprint density at radius 3 is 1.90 bits per heavy atom. The molecule has 0 aromatic heterocycles. The van der Waals surface area contributed by atoms with Crippen molar-refractivity contribution in [1.82, 2.24) is 5.01 Å². The molecule has 1 heterocycles. The molecule has 1 aliphatic heterocycles. The zero-order valence-corrected chi connectivity index (χ0v) is 24.8. The Kier molecular flexibility index (Phi) is 17.6. The van der Waals surface area contributed by atoms with Crippen molar-refractivity contribution in [2.45, 2.75) is 11.3 Å². The van der Waals surface area contributed by atoms with Gasteiger partial charge in [-0.1, -0.05) is 96.8 Å². The molecule has 2 atom stereocenters. The minimum Gasteiger partial charge on any atom is -0.468 e. The van der Waals surface area contributed by atoms with E-state index >= 15 is 0 Å². The Balaban J connectivity index is 0.000000557. The van der Waals surface area contributed by atoms with Gasteiger partial charge in [0.05, 0.1) is 26.6 Å². The summed E-state index contributed by atoms with van der Waals surface area (Å²) >= 11 is 1.05. The van der Waals surface area contributed by atoms with Crippen molar-refractivity contribution in [3.05, 3.63) is 122 Å². The van der Waals surface area contributed by atoms with Crippen LogP contribution in [0.4, 0.5) is 0 Å². The minimum atomic E-state index is -1.01. The van der Waals surface area contributed by atoms with Gasteiger partial charge >= 0.3 is 11.9 Å². The number of ether oxygens (including phenoxy) is 2. The summed E-state index contributed by atoms with van der Waals surface area (Å²) in [6.45, 7) is 0. The monoisotopic (exact) mass is 640 g/mol. The van der Waals surface area contributed by atoms with Gasteiger partial charge in [0.15, 0.2) is 6.04 Å². The maximum atomic E-state index is 12.4. The van der Waals surface area contributed by atoms with Crippen molar-refractivity contribution in [3.63, 3.8) is 0 Å². The molecule has 0 aromatic carbocycles. The van der Waals surface area contributed by atoms with Gasteiger partial charge in [-0.05, 0) is 11.1 Å². The maximum Gasteiger partial charge on any atom is 0.332 e. The van der Waals surface area contributed by atoms with Crippen molar-refractivity contribution in [2.24, 2.45) is 15.3 Å². The number of nitrogens with zero attached hydrogens (tertiary/aromatic N) is 4. The van der Waals surface area contributed by atoms with Crippen molar-refractivity contribution in [2.75, 3.05) is 14.2 Å². The van der Waals surface area contributed by atoms with Crippen LogP contribution in [0.25, 0.3) is 0 Å². The number of thioether (sulfide) groups is 1. The minimum absolute atomic E-state index is 0. The van der Waals surface area contributed by atoms with Gasteiger partial charge in [-0.25, -0.2) is 9.80 Å². The van der Waals surface area contributed by atoms with E-state index in [0.29, 0.717) is 0 Å². The predicted molar refractivity (Wildman–Crippen MR) is 154 cm³/mol. The van der Waals surface area contributed by atoms with E-state index in [1.54, 1.807) is 12.4 Å². The first-order chi connectivity index (χ1) is 18.6. The Morgan fingerprint density at radius 2 is 1.43 bits per heavy atom. The Hall–Kier alpha value is -2.94. The van der Waals surface area contributed by atoms with Crippen LogP contribution in [-0.2, 0) is 53.2 Å². The number of allylic oxidation sites excluding steroid dienone is 16. The summed E-state index contributed by atoms with van der Waals surface area (Å²) in [6.07, 6.45) is 38.1. The van der Waals surface area contributed by atoms with E-state index < -0.39 is 23.2 Å². The molecule has 1 unspecified atom stereocenters. The third-order valence-corrected chi connectivity index (χ3v) is 6.21. The molecule has 0 saturated carbocycles. The van der Waals surface area contributed by atoms with E-state index in [0.717, 1.165) is 22.9 Å². The average Bonchev–Trinajstić information content (AvgIpc) is 3.79. The molecule has 4 aliphatic carbocycles. The van der Waals surface area contributed by atoms with Gasteiger partial charge in [-0.15, -0.1) is 5.10 Å². The molecule has 11 heteroatoms. The van der Waals surface area contributed by atoms with Gasteiger partial charge in [0.2, 0.25) is 5.17 Å². The Bertz CT molecular complexity index is 1150. The summed E-state index contributed by atoms with van der Waals surface area (Å²) in [7, 11) is 2.51. The first-order valence-electron chi connectivity index (χ1n) is 11.7. The molecule has 8 nitrogen and oxygen atoms in total. The summed E-state index contributed by atoms with van der Waals surface area (Å²) in [5.41, 5.74) is 1.72. The molecule has 5 rings (SSSR count). The van der Waals surface area contributed by atoms with Crippen molar-refractivity contribution < 1.29 is 53.2 Å². The first kappa shape index (κ1) is 35.1. The third kappa shape index (κ3) is 11.3. The number of methoxy groups -OCH3 is 2. The molecule has 0 bridgehead atoms. The summed E-state index contributed by atoms with van der Waals surface area (Å²) in [5.74, 6) is -1.19. The van der Waals surface area contributed by atoms with Gasteiger partial charge in [0.25, 0.3) is 0 Å². The molecule has 0 N–H and O–H groups in total. The summed E-state index contributed by atoms with van der Waals surface area (Å²) in [4.78, 5) is 24.6. The summed E-state index contributed by atoms with van der Waals surface area (Å²) in [5, 5.41) is 13.3. The fourth-order valence-corrected chi connectivity index (χ4v) is 4.31. The van der Waals surface area contributed by atoms with Crippen LogP contribution in [0.1, 0.15) is 0 Å². The number of amidine groups is 1. The van der Waals surface area contributed by atoms with Crippen LogP contribution in [0.5, 0.6) is 0 Å². The number of carbonyl (C=O) groups excluding carboxylic acids is 2. The molecular formula is C29H28Fe2N4O4S. The van der Waals surface area contributed by atoms with E-state index in [9.17, 15) is 9.59 Å². The number of hydrogen-bond acceptors (Lipinski definition) is 8. The van der Waals surface area contributed by atoms with Crippen LogP contribution in [0, 0.1) is 25.7 Å². The second-order valence-corrected chi connectivity index (χ2v) is 8.72. The summed E-state index contributed by atoms with van der Waals surface area (Å²) in [6, 6.07) is -1.01. The number of hydrogen-bond donors (Lipinski definition) is 0. The maximum absolute atomic E-state index is 12.4. The molecule has 210 valence electrons. The zero-order chi connectivity index (χ0) is 27.0. The van der Waals surface area contributed by atoms with Gasteiger partial charge in [0, 0.05) is 59.8 Å². The van der Waals surface area contributed by atoms with Crippen LogP contribution >= 0.6 is 11.8 Å². The third-order valence-electron chi connectivity index (χ3n) is 5.02. The SMILES string of the molecule is COC(=O)C1S/C(=N\N=C\C2=C[CH]C=C2)N(/N=C/C2=CC=C[CH]2)[C@H]1C(=O)OC.[CH]1C=CC=C1.[CH]1C=CC=C1.[Fe].[Fe]. The van der Waals surface area contributed by atoms with Gasteiger partial charge in [0.1, 0.15) is 5.25 Å². The second kappa shape index (κ2) is 20.0. The first-order valence-corrected chi connectivity index (χ1v) is 12.6. The summed E-state index contributed by atoms with van der Waals surface area (Å²) < 4.78 is 9.70. The quantitative estimate of drug-likeness (QED) is 0.184. The van der Waals surface area contributed by atoms with Crippen molar-refractivity contribution in [3.8, 4) is 0 Å². The molecule has 0 aromatic rings. The van der Waals surface area contributed by atoms with E-state index in [1.165, 1.54) is 19.2 Å². The molecule has 4 radical (unpaired) electrons. The van der Waals surface area contributed by atoms with Crippen LogP contribution in [0.3, 0.4) is 0 Å². The van der Waals surface area contributed by atoms with Crippen LogP contribution in [0.2, 0.25) is 0 Å². The van der Waals surface area contributed by atoms with Crippen molar-refractivity contribution >= 4 is 41.3 Å². The smallest absolute Gasteiger partial charge is 0.332 e. The number of rotatable bonds is 6. The standard InChI is InChI=1S/C19H18N4O4S.2C5H5.2Fe/c1-26-17(24)15-16(18(25)27-2)28-19(22-20-11-13-7-3-4-8-13)23(15)21-12-14-9-5-6-10-14;2*1-2-4-5-3-1;;/h3-12,15-16H,1-2H3;2*1-5H;;/b20-11+,21-12+,22-19-;;;;/t15-,16?;;;;/m1..../s1. The van der Waals surface area contributed by atoms with Crippen molar-refractivity contribution in [1.29, 1.82) is 0 Å². The fraction of sp³-hybridized carbons (Fsp3) is 0.138. The molecule has 5 aliphatic rings. The van der Waals surface area contributed by atoms with E-state index in [2.05, 4.69) is 15.3 Å². The predicted octanol–water partition coefficient (Wildman–Crippen LogP) is 4.48. The van der Waals surface area contributed by atoms with Gasteiger partial charge in [-0.3, -0.25) is 4.79 Å². The van der Waals surface area contributed by atoms with Crippen LogP contribution < -0.4 is 0 Å². The number of hydrazone groups is 1. The second-order valence-electron chi connectivity index (χ2n) is 7.61. The van der Waals surface area contributed by atoms with E-state index in [1.807, 2.05) is 111 Å². The largest absolute Gasteiger partial charge is 0.468 e. The molecule has 1 saturated heterocycles. The van der Waals surface area contributed by atoms with Crippen LogP contribution in [-0.4, -0.2) is 60.1 Å². The topological polar surface area (TPSA) is 92.9 Å². The fourth-order valence-electron chi connectivity index (χ4n) is 3.17. The number of carbonyl (C=O) groups is 2. The Labute approximate surface area is 261 Å². The molecular weight excluding hydrogens is 612 g/mol. The van der Waals surface area contributed by atoms with Gasteiger partial charge in [-0.2, -0.15) is 10.2 Å². The molecule has 1 fully saturated rings. The Morgan fingerprint density at radius 1 is 0.775 bits per heavy atom. The zero-order valence-electron chi connectivity index (χ0n) is 21.7. The van der Waals surface area contributed by atoms with E-state index in [-0.39, 0.29) is 39.3 Å². The number of esters is 2. The molecule has 0 amide bonds. The molecule has 0 spiro atoms. The normalized spacial score (nSPS) is 22.1. The van der Waals surface area contributed by atoms with Gasteiger partial charge < -0.3 is 9.47 Å². The van der Waals surface area contributed by atoms with E-state index in [4.69, 9.17) is 9.47 Å². The van der Waals surface area contributed by atoms with Crippen LogP contribution in [0.15, 0.2) is 112 Å². The average molecular weight is 640 g/mol. The molecule has 40 heavy (non-hydrogen) atoms.